The van der Waals surface area contributed by atoms with E-state index in [0.717, 1.165) is 22.1 Å². The Morgan fingerprint density at radius 2 is 2.27 bits per heavy atom. The first kappa shape index (κ1) is 7.07. The zero-order valence-corrected chi connectivity index (χ0v) is 7.30. The van der Waals surface area contributed by atoms with Gasteiger partial charge in [-0.1, -0.05) is 23.8 Å². The summed E-state index contributed by atoms with van der Waals surface area (Å²) in [6, 6.07) is 5.77. The van der Waals surface area contributed by atoms with Crippen LogP contribution in [0, 0.1) is 0 Å². The summed E-state index contributed by atoms with van der Waals surface area (Å²) in [5.74, 6) is 0. The molecule has 1 nitrogen and oxygen atoms in total. The Labute approximate surface area is 75.4 Å². The molecule has 0 fully saturated rings. The SMILES string of the molecule is S=C1Cc2cc(Cl)ccc2N1. The number of fused-ring (bicyclic) bond motifs is 1. The third kappa shape index (κ3) is 1.24. The number of hydrogen-bond acceptors (Lipinski definition) is 1. The molecule has 1 aromatic rings. The molecular weight excluding hydrogens is 178 g/mol. The number of hydrogen-bond donors (Lipinski definition) is 1. The van der Waals surface area contributed by atoms with Crippen LogP contribution >= 0.6 is 23.8 Å². The van der Waals surface area contributed by atoms with E-state index in [4.69, 9.17) is 23.8 Å². The minimum Gasteiger partial charge on any atom is -0.350 e. The number of thiocarbonyl (C=S) groups is 1. The molecule has 11 heavy (non-hydrogen) atoms. The molecule has 0 unspecified atom stereocenters. The average molecular weight is 184 g/mol. The predicted molar refractivity (Wildman–Crippen MR) is 51.4 cm³/mol. The van der Waals surface area contributed by atoms with Gasteiger partial charge in [-0.15, -0.1) is 0 Å². The van der Waals surface area contributed by atoms with Crippen molar-refractivity contribution in [2.45, 2.75) is 6.42 Å². The molecule has 0 saturated carbocycles. The lowest BCUT2D eigenvalue weighted by Crippen LogP contribution is -2.00. The van der Waals surface area contributed by atoms with E-state index in [9.17, 15) is 0 Å². The Kier molecular flexibility index (Phi) is 1.59. The van der Waals surface area contributed by atoms with Crippen molar-refractivity contribution < 1.29 is 0 Å². The quantitative estimate of drug-likeness (QED) is 0.621. The van der Waals surface area contributed by atoms with Crippen LogP contribution in [0.5, 0.6) is 0 Å². The molecule has 1 aliphatic rings. The van der Waals surface area contributed by atoms with Gasteiger partial charge in [-0.05, 0) is 23.8 Å². The topological polar surface area (TPSA) is 12.0 Å². The molecule has 1 N–H and O–H groups in total. The van der Waals surface area contributed by atoms with Gasteiger partial charge in [0.1, 0.15) is 0 Å². The zero-order valence-electron chi connectivity index (χ0n) is 5.73. The van der Waals surface area contributed by atoms with Crippen LogP contribution < -0.4 is 5.32 Å². The van der Waals surface area contributed by atoms with Crippen molar-refractivity contribution in [1.82, 2.24) is 0 Å². The van der Waals surface area contributed by atoms with Crippen molar-refractivity contribution in [2.24, 2.45) is 0 Å². The first-order valence-electron chi connectivity index (χ1n) is 3.34. The van der Waals surface area contributed by atoms with E-state index in [1.54, 1.807) is 0 Å². The van der Waals surface area contributed by atoms with E-state index in [0.29, 0.717) is 0 Å². The third-order valence-corrected chi connectivity index (χ3v) is 2.17. The predicted octanol–water partition coefficient (Wildman–Crippen LogP) is 2.64. The average Bonchev–Trinajstić information content (AvgIpc) is 2.27. The number of nitrogens with one attached hydrogen (secondary N) is 1. The summed E-state index contributed by atoms with van der Waals surface area (Å²) >= 11 is 10.8. The van der Waals surface area contributed by atoms with Gasteiger partial charge in [0.25, 0.3) is 0 Å². The standard InChI is InChI=1S/C8H6ClNS/c9-6-1-2-7-5(3-6)4-8(11)10-7/h1-3H,4H2,(H,10,11). The van der Waals surface area contributed by atoms with E-state index >= 15 is 0 Å². The first-order chi connectivity index (χ1) is 5.25. The third-order valence-electron chi connectivity index (χ3n) is 1.69. The van der Waals surface area contributed by atoms with Crippen LogP contribution in [0.3, 0.4) is 0 Å². The van der Waals surface area contributed by atoms with Gasteiger partial charge in [0.05, 0.1) is 4.99 Å². The van der Waals surface area contributed by atoms with Gasteiger partial charge in [-0.2, -0.15) is 0 Å². The van der Waals surface area contributed by atoms with Gasteiger partial charge < -0.3 is 5.32 Å². The Morgan fingerprint density at radius 1 is 1.45 bits per heavy atom. The molecule has 0 radical (unpaired) electrons. The van der Waals surface area contributed by atoms with E-state index in [-0.39, 0.29) is 0 Å². The summed E-state index contributed by atoms with van der Waals surface area (Å²) in [5.41, 5.74) is 2.29. The Hall–Kier alpha value is -0.600. The summed E-state index contributed by atoms with van der Waals surface area (Å²) in [4.78, 5) is 0.877. The molecule has 3 heteroatoms. The summed E-state index contributed by atoms with van der Waals surface area (Å²) in [6.07, 6.45) is 0.825. The normalized spacial score (nSPS) is 14.5. The molecule has 1 heterocycles. The van der Waals surface area contributed by atoms with Crippen LogP contribution in [-0.2, 0) is 6.42 Å². The number of anilines is 1. The lowest BCUT2D eigenvalue weighted by atomic mass is 10.2. The van der Waals surface area contributed by atoms with Gasteiger partial charge in [0.15, 0.2) is 0 Å². The Balaban J connectivity index is 2.51. The minimum absolute atomic E-state index is 0.773. The van der Waals surface area contributed by atoms with Crippen LogP contribution in [-0.4, -0.2) is 4.99 Å². The fraction of sp³-hybridized carbons (Fsp3) is 0.125. The van der Waals surface area contributed by atoms with Gasteiger partial charge in [0, 0.05) is 17.1 Å². The van der Waals surface area contributed by atoms with Crippen molar-refractivity contribution in [3.8, 4) is 0 Å². The molecule has 2 rings (SSSR count). The molecule has 1 aliphatic heterocycles. The fourth-order valence-electron chi connectivity index (χ4n) is 1.20. The minimum atomic E-state index is 0.773. The molecule has 0 spiro atoms. The van der Waals surface area contributed by atoms with E-state index in [1.165, 1.54) is 5.56 Å². The lowest BCUT2D eigenvalue weighted by molar-refractivity contribution is 1.43. The Bertz CT molecular complexity index is 322. The molecule has 0 atom stereocenters. The zero-order chi connectivity index (χ0) is 7.84. The maximum Gasteiger partial charge on any atom is 0.0842 e. The van der Waals surface area contributed by atoms with Gasteiger partial charge in [-0.25, -0.2) is 0 Å². The van der Waals surface area contributed by atoms with Gasteiger partial charge in [-0.3, -0.25) is 0 Å². The molecule has 56 valence electrons. The number of halogens is 1. The second kappa shape index (κ2) is 2.47. The van der Waals surface area contributed by atoms with Crippen LogP contribution in [0.4, 0.5) is 5.69 Å². The number of benzene rings is 1. The largest absolute Gasteiger partial charge is 0.350 e. The van der Waals surface area contributed by atoms with Crippen molar-refractivity contribution in [1.29, 1.82) is 0 Å². The second-order valence-electron chi connectivity index (χ2n) is 2.53. The molecule has 0 saturated heterocycles. The summed E-state index contributed by atoms with van der Waals surface area (Å²) in [7, 11) is 0. The lowest BCUT2D eigenvalue weighted by Gasteiger charge is -1.96. The highest BCUT2D eigenvalue weighted by molar-refractivity contribution is 7.80. The Morgan fingerprint density at radius 3 is 3.09 bits per heavy atom. The fourth-order valence-corrected chi connectivity index (χ4v) is 1.66. The highest BCUT2D eigenvalue weighted by Gasteiger charge is 2.13. The van der Waals surface area contributed by atoms with E-state index < -0.39 is 0 Å². The molecule has 0 bridgehead atoms. The van der Waals surface area contributed by atoms with Gasteiger partial charge in [0.2, 0.25) is 0 Å². The molecule has 0 aliphatic carbocycles. The maximum absolute atomic E-state index is 5.80. The maximum atomic E-state index is 5.80. The smallest absolute Gasteiger partial charge is 0.0842 e. The van der Waals surface area contributed by atoms with Crippen molar-refractivity contribution in [2.75, 3.05) is 5.32 Å². The van der Waals surface area contributed by atoms with Gasteiger partial charge >= 0.3 is 0 Å². The van der Waals surface area contributed by atoms with Crippen molar-refractivity contribution in [3.05, 3.63) is 28.8 Å². The summed E-state index contributed by atoms with van der Waals surface area (Å²) < 4.78 is 0. The summed E-state index contributed by atoms with van der Waals surface area (Å²) in [6.45, 7) is 0. The molecular formula is C8H6ClNS. The number of rotatable bonds is 0. The van der Waals surface area contributed by atoms with E-state index in [1.807, 2.05) is 18.2 Å². The van der Waals surface area contributed by atoms with Crippen molar-refractivity contribution in [3.63, 3.8) is 0 Å². The molecule has 0 amide bonds. The van der Waals surface area contributed by atoms with Crippen LogP contribution in [0.15, 0.2) is 18.2 Å². The van der Waals surface area contributed by atoms with E-state index in [2.05, 4.69) is 5.32 Å². The van der Waals surface area contributed by atoms with Crippen LogP contribution in [0.25, 0.3) is 0 Å². The van der Waals surface area contributed by atoms with Crippen LogP contribution in [0.1, 0.15) is 5.56 Å². The molecule has 1 aromatic carbocycles. The van der Waals surface area contributed by atoms with Crippen molar-refractivity contribution >= 4 is 34.5 Å². The highest BCUT2D eigenvalue weighted by atomic mass is 35.5. The monoisotopic (exact) mass is 183 g/mol. The van der Waals surface area contributed by atoms with Crippen LogP contribution in [0.2, 0.25) is 5.02 Å². The second-order valence-corrected chi connectivity index (χ2v) is 3.46. The summed E-state index contributed by atoms with van der Waals surface area (Å²) in [5, 5.41) is 3.87. The first-order valence-corrected chi connectivity index (χ1v) is 4.12. The highest BCUT2D eigenvalue weighted by Crippen LogP contribution is 2.26. The molecule has 0 aromatic heterocycles.